The van der Waals surface area contributed by atoms with Crippen LogP contribution in [0.5, 0.6) is 0 Å². The lowest BCUT2D eigenvalue weighted by molar-refractivity contribution is -2.00. The molecule has 0 radical (unpaired) electrons. The predicted molar refractivity (Wildman–Crippen MR) is 54.5 cm³/mol. The molecule has 0 aliphatic carbocycles. The summed E-state index contributed by atoms with van der Waals surface area (Å²) in [7, 11) is -4.94. The molecule has 0 N–H and O–H groups in total. The molecule has 16 heavy (non-hydrogen) atoms. The van der Waals surface area contributed by atoms with Gasteiger partial charge in [0.25, 0.3) is 0 Å². The molecule has 1 saturated heterocycles. The van der Waals surface area contributed by atoms with Crippen molar-refractivity contribution in [3.63, 3.8) is 0 Å². The molecule has 1 aliphatic heterocycles. The number of rotatable bonds is 0. The maximum atomic E-state index is 8.49. The second kappa shape index (κ2) is 6.92. The lowest BCUT2D eigenvalue weighted by Crippen LogP contribution is -2.68. The zero-order chi connectivity index (χ0) is 12.0. The smallest absolute Gasteiger partial charge is 0.222 e. The number of thioether (sulfide) groups is 1. The van der Waals surface area contributed by atoms with Crippen molar-refractivity contribution in [2.75, 3.05) is 24.6 Å². The Kier molecular flexibility index (Phi) is 6.22. The average Bonchev–Trinajstić information content (AvgIpc) is 2.69. The standard InChI is InChI=1S/C7H10NS3.ClHO4/c1-3-9-4-2-8(1)7-10-5-6-11-7;2-1(3,4)5/h5-6H,1-4H2;(H,2,3,4,5)/q+1;/p-1. The molecular formula is C7H10ClNO4S3. The SMILES string of the molecule is [O-][Cl+3]([O-])([O-])[O-].c1csc(=[N+]2CCSCC2)s1. The van der Waals surface area contributed by atoms with E-state index in [-0.39, 0.29) is 0 Å². The van der Waals surface area contributed by atoms with Gasteiger partial charge in [0, 0.05) is 10.8 Å². The first-order valence-electron chi connectivity index (χ1n) is 4.26. The van der Waals surface area contributed by atoms with Gasteiger partial charge in [-0.05, 0) is 0 Å². The Balaban J connectivity index is 0.000000221. The molecule has 9 heteroatoms. The highest BCUT2D eigenvalue weighted by molar-refractivity contribution is 7.99. The van der Waals surface area contributed by atoms with Gasteiger partial charge < -0.3 is 0 Å². The van der Waals surface area contributed by atoms with Gasteiger partial charge in [-0.15, -0.1) is 22.0 Å². The van der Waals surface area contributed by atoms with Gasteiger partial charge in [0.15, 0.2) is 13.1 Å². The van der Waals surface area contributed by atoms with Crippen LogP contribution in [0.1, 0.15) is 0 Å². The van der Waals surface area contributed by atoms with E-state index in [1.807, 2.05) is 22.7 Å². The maximum Gasteiger partial charge on any atom is 0.313 e. The summed E-state index contributed by atoms with van der Waals surface area (Å²) in [6, 6.07) is 0. The number of nitrogens with zero attached hydrogens (tertiary/aromatic N) is 1. The van der Waals surface area contributed by atoms with Gasteiger partial charge >= 0.3 is 3.98 Å². The monoisotopic (exact) mass is 303 g/mol. The van der Waals surface area contributed by atoms with E-state index < -0.39 is 10.2 Å². The maximum absolute atomic E-state index is 8.49. The topological polar surface area (TPSA) is 95.2 Å². The quantitative estimate of drug-likeness (QED) is 0.465. The van der Waals surface area contributed by atoms with E-state index in [1.54, 1.807) is 0 Å². The molecule has 2 rings (SSSR count). The third kappa shape index (κ3) is 6.81. The molecule has 0 saturated carbocycles. The molecule has 92 valence electrons. The van der Waals surface area contributed by atoms with Crippen LogP contribution in [0, 0.1) is 10.2 Å². The van der Waals surface area contributed by atoms with Crippen molar-refractivity contribution in [2.45, 2.75) is 0 Å². The highest BCUT2D eigenvalue weighted by atomic mass is 35.7. The van der Waals surface area contributed by atoms with Crippen LogP contribution in [0.25, 0.3) is 0 Å². The molecule has 1 fully saturated rings. The summed E-state index contributed by atoms with van der Waals surface area (Å²) in [5.74, 6) is 2.59. The van der Waals surface area contributed by atoms with Crippen molar-refractivity contribution >= 4 is 34.4 Å². The molecule has 5 nitrogen and oxygen atoms in total. The van der Waals surface area contributed by atoms with Gasteiger partial charge in [0.1, 0.15) is 0 Å². The van der Waals surface area contributed by atoms with E-state index in [0.717, 1.165) is 0 Å². The third-order valence-electron chi connectivity index (χ3n) is 1.66. The molecule has 0 aromatic carbocycles. The van der Waals surface area contributed by atoms with Crippen molar-refractivity contribution < 1.29 is 28.9 Å². The summed E-state index contributed by atoms with van der Waals surface area (Å²) in [6.07, 6.45) is 0. The summed E-state index contributed by atoms with van der Waals surface area (Å²) >= 11 is 5.79. The van der Waals surface area contributed by atoms with E-state index in [0.29, 0.717) is 0 Å². The van der Waals surface area contributed by atoms with E-state index in [4.69, 9.17) is 18.6 Å². The Bertz CT molecular complexity index is 341. The van der Waals surface area contributed by atoms with Gasteiger partial charge in [-0.2, -0.15) is 0 Å². The summed E-state index contributed by atoms with van der Waals surface area (Å²) in [4.78, 5) is 0. The largest absolute Gasteiger partial charge is 0.313 e. The molecule has 2 heterocycles. The lowest BCUT2D eigenvalue weighted by Gasteiger charge is -2.17. The minimum atomic E-state index is -4.94. The second-order valence-electron chi connectivity index (χ2n) is 2.75. The fourth-order valence-electron chi connectivity index (χ4n) is 1.09. The fourth-order valence-corrected chi connectivity index (χ4v) is 3.89. The Morgan fingerprint density at radius 2 is 1.44 bits per heavy atom. The van der Waals surface area contributed by atoms with Gasteiger partial charge in [-0.3, -0.25) is 0 Å². The van der Waals surface area contributed by atoms with Gasteiger partial charge in [-0.1, -0.05) is 22.7 Å². The molecule has 0 atom stereocenters. The predicted octanol–water partition coefficient (Wildman–Crippen LogP) is -3.43. The molecular weight excluding hydrogens is 294 g/mol. The molecule has 0 unspecified atom stereocenters. The van der Waals surface area contributed by atoms with Crippen LogP contribution in [0.4, 0.5) is 0 Å². The number of halogens is 1. The van der Waals surface area contributed by atoms with Crippen molar-refractivity contribution in [1.29, 1.82) is 0 Å². The first kappa shape index (κ1) is 14.4. The van der Waals surface area contributed by atoms with Crippen LogP contribution in [-0.2, 0) is 0 Å². The molecule has 1 aliphatic rings. The van der Waals surface area contributed by atoms with Crippen LogP contribution < -0.4 is 27.2 Å². The van der Waals surface area contributed by atoms with E-state index >= 15 is 0 Å². The van der Waals surface area contributed by atoms with Crippen LogP contribution in [0.15, 0.2) is 10.8 Å². The fraction of sp³-hybridized carbons (Fsp3) is 0.571. The first-order chi connectivity index (χ1) is 7.47. The highest BCUT2D eigenvalue weighted by Crippen LogP contribution is 2.04. The van der Waals surface area contributed by atoms with Gasteiger partial charge in [0.2, 0.25) is 0 Å². The average molecular weight is 304 g/mol. The minimum absolute atomic E-state index is 1.24. The summed E-state index contributed by atoms with van der Waals surface area (Å²) in [5.41, 5.74) is 0. The summed E-state index contributed by atoms with van der Waals surface area (Å²) < 4.78 is 37.9. The normalized spacial score (nSPS) is 16.6. The van der Waals surface area contributed by atoms with Crippen LogP contribution in [0.3, 0.4) is 0 Å². The second-order valence-corrected chi connectivity index (χ2v) is 6.78. The lowest BCUT2D eigenvalue weighted by atomic mass is 10.6. The third-order valence-corrected chi connectivity index (χ3v) is 4.82. The van der Waals surface area contributed by atoms with Crippen molar-refractivity contribution in [1.82, 2.24) is 4.58 Å². The zero-order valence-electron chi connectivity index (χ0n) is 8.17. The van der Waals surface area contributed by atoms with Crippen LogP contribution in [0.2, 0.25) is 0 Å². The Hall–Kier alpha value is 0.330. The molecule has 1 aromatic rings. The summed E-state index contributed by atoms with van der Waals surface area (Å²) in [5, 5.41) is 4.34. The van der Waals surface area contributed by atoms with Crippen LogP contribution in [-0.4, -0.2) is 24.6 Å². The Morgan fingerprint density at radius 3 is 1.88 bits per heavy atom. The zero-order valence-corrected chi connectivity index (χ0v) is 11.4. The van der Waals surface area contributed by atoms with Crippen molar-refractivity contribution in [2.24, 2.45) is 0 Å². The number of hydrogen-bond acceptors (Lipinski definition) is 7. The molecule has 0 bridgehead atoms. The summed E-state index contributed by atoms with van der Waals surface area (Å²) in [6.45, 7) is 2.48. The van der Waals surface area contributed by atoms with E-state index in [9.17, 15) is 0 Å². The Labute approximate surface area is 107 Å². The highest BCUT2D eigenvalue weighted by Gasteiger charge is 2.12. The Morgan fingerprint density at radius 1 is 1.00 bits per heavy atom. The first-order valence-corrected chi connectivity index (χ1v) is 8.41. The van der Waals surface area contributed by atoms with E-state index in [1.165, 1.54) is 28.6 Å². The van der Waals surface area contributed by atoms with E-state index in [2.05, 4.69) is 27.1 Å². The van der Waals surface area contributed by atoms with Gasteiger partial charge in [-0.25, -0.2) is 23.2 Å². The molecule has 0 amide bonds. The molecule has 0 spiro atoms. The van der Waals surface area contributed by atoms with Crippen LogP contribution >= 0.6 is 34.4 Å². The van der Waals surface area contributed by atoms with Crippen molar-refractivity contribution in [3.8, 4) is 0 Å². The molecule has 1 aromatic heterocycles. The van der Waals surface area contributed by atoms with Gasteiger partial charge in [0.05, 0.1) is 11.5 Å². The number of hydrogen-bond donors (Lipinski definition) is 0. The van der Waals surface area contributed by atoms with Crippen molar-refractivity contribution in [3.05, 3.63) is 14.7 Å². The minimum Gasteiger partial charge on any atom is -0.222 e.